The summed E-state index contributed by atoms with van der Waals surface area (Å²) in [6, 6.07) is 9.24. The first-order valence-corrected chi connectivity index (χ1v) is 13.3. The molecule has 0 atom stereocenters. The van der Waals surface area contributed by atoms with E-state index in [0.717, 1.165) is 33.6 Å². The molecule has 0 amide bonds. The monoisotopic (exact) mass is 593 g/mol. The predicted octanol–water partition coefficient (Wildman–Crippen LogP) is 7.24. The molecule has 4 aromatic rings. The number of aromatic nitrogens is 6. The summed E-state index contributed by atoms with van der Waals surface area (Å²) in [4.78, 5) is 4.78. The molecule has 6 nitrogen and oxygen atoms in total. The Kier molecular flexibility index (Phi) is 7.40. The SMILES string of the molecule is C[n+]1c(-n2ccc(C(F)(F)F)n2)cc(C(C)(C)C)cc1C(C)(C)c1cc(C(C)(C)C)cc(-n2ccc(C(F)(F)F)n2)n1. The van der Waals surface area contributed by atoms with Crippen LogP contribution in [0, 0.1) is 0 Å². The zero-order chi connectivity index (χ0) is 31.6. The molecular weight excluding hydrogens is 558 g/mol. The maximum atomic E-state index is 13.4. The molecule has 0 unspecified atom stereocenters. The average molecular weight is 594 g/mol. The quantitative estimate of drug-likeness (QED) is 0.185. The highest BCUT2D eigenvalue weighted by Gasteiger charge is 2.39. The predicted molar refractivity (Wildman–Crippen MR) is 146 cm³/mol. The third-order valence-corrected chi connectivity index (χ3v) is 7.33. The van der Waals surface area contributed by atoms with Crippen molar-refractivity contribution in [2.45, 2.75) is 84.0 Å². The van der Waals surface area contributed by atoms with E-state index in [-0.39, 0.29) is 16.6 Å². The second-order valence-corrected chi connectivity index (χ2v) is 13.1. The van der Waals surface area contributed by atoms with Crippen molar-refractivity contribution in [2.24, 2.45) is 7.05 Å². The summed E-state index contributed by atoms with van der Waals surface area (Å²) in [5.74, 6) is 0.632. The summed E-state index contributed by atoms with van der Waals surface area (Å²) in [5.41, 5.74) is -0.694. The first-order chi connectivity index (χ1) is 19.0. The Hall–Kier alpha value is -3.70. The van der Waals surface area contributed by atoms with Gasteiger partial charge >= 0.3 is 18.2 Å². The number of pyridine rings is 2. The van der Waals surface area contributed by atoms with Crippen LogP contribution in [-0.4, -0.2) is 24.5 Å². The highest BCUT2D eigenvalue weighted by Crippen LogP contribution is 2.36. The molecule has 4 aromatic heterocycles. The van der Waals surface area contributed by atoms with E-state index in [1.807, 2.05) is 67.5 Å². The van der Waals surface area contributed by atoms with Crippen LogP contribution in [0.3, 0.4) is 0 Å². The van der Waals surface area contributed by atoms with Crippen LogP contribution in [-0.2, 0) is 35.6 Å². The lowest BCUT2D eigenvalue weighted by atomic mass is 9.78. The Morgan fingerprint density at radius 2 is 1.10 bits per heavy atom. The Bertz CT molecular complexity index is 1610. The molecule has 0 fully saturated rings. The molecule has 4 rings (SSSR count). The first kappa shape index (κ1) is 31.2. The van der Waals surface area contributed by atoms with Crippen LogP contribution in [0.4, 0.5) is 26.3 Å². The maximum Gasteiger partial charge on any atom is 0.437 e. The van der Waals surface area contributed by atoms with Gasteiger partial charge < -0.3 is 0 Å². The van der Waals surface area contributed by atoms with Gasteiger partial charge in [0.05, 0.1) is 18.2 Å². The van der Waals surface area contributed by atoms with Gasteiger partial charge in [0, 0.05) is 18.3 Å². The van der Waals surface area contributed by atoms with Gasteiger partial charge in [0.2, 0.25) is 0 Å². The van der Waals surface area contributed by atoms with Crippen LogP contribution in [0.1, 0.15) is 89.3 Å². The molecule has 0 radical (unpaired) electrons. The smallest absolute Gasteiger partial charge is 0.233 e. The van der Waals surface area contributed by atoms with E-state index in [1.54, 1.807) is 23.7 Å². The Balaban J connectivity index is 1.96. The lowest BCUT2D eigenvalue weighted by Gasteiger charge is -2.30. The standard InChI is InChI=1S/C30H35F6N6/c1-26(2,3)18-14-22(37-24(16-18)41-12-10-20(38-41)29(31,32)33)28(7,8)23-15-19(27(4,5)6)17-25(40(23)9)42-13-11-21(39-42)30(34,35)36/h10-17H,1-9H3/q+1. The van der Waals surface area contributed by atoms with Gasteiger partial charge in [-0.15, -0.1) is 4.68 Å². The van der Waals surface area contributed by atoms with E-state index in [1.165, 1.54) is 17.1 Å². The van der Waals surface area contributed by atoms with Crippen LogP contribution in [0.15, 0.2) is 48.8 Å². The fourth-order valence-electron chi connectivity index (χ4n) is 4.62. The summed E-state index contributed by atoms with van der Waals surface area (Å²) < 4.78 is 84.2. The van der Waals surface area contributed by atoms with E-state index in [0.29, 0.717) is 11.5 Å². The van der Waals surface area contributed by atoms with Crippen molar-refractivity contribution in [3.05, 3.63) is 82.7 Å². The van der Waals surface area contributed by atoms with Crippen LogP contribution in [0.2, 0.25) is 0 Å². The number of halogens is 6. The van der Waals surface area contributed by atoms with Gasteiger partial charge in [-0.1, -0.05) is 46.6 Å². The van der Waals surface area contributed by atoms with E-state index in [9.17, 15) is 26.3 Å². The van der Waals surface area contributed by atoms with Crippen molar-refractivity contribution < 1.29 is 30.9 Å². The Morgan fingerprint density at radius 1 is 0.619 bits per heavy atom. The van der Waals surface area contributed by atoms with E-state index >= 15 is 0 Å². The fraction of sp³-hybridized carbons (Fsp3) is 0.467. The van der Waals surface area contributed by atoms with Crippen molar-refractivity contribution in [3.8, 4) is 11.6 Å². The zero-order valence-corrected chi connectivity index (χ0v) is 25.1. The third-order valence-electron chi connectivity index (χ3n) is 7.33. The van der Waals surface area contributed by atoms with Crippen LogP contribution >= 0.6 is 0 Å². The minimum Gasteiger partial charge on any atom is -0.233 e. The summed E-state index contributed by atoms with van der Waals surface area (Å²) >= 11 is 0. The molecule has 0 saturated heterocycles. The number of nitrogens with zero attached hydrogens (tertiary/aromatic N) is 6. The van der Waals surface area contributed by atoms with Gasteiger partial charge in [-0.3, -0.25) is 0 Å². The topological polar surface area (TPSA) is 52.4 Å². The van der Waals surface area contributed by atoms with Crippen molar-refractivity contribution in [2.75, 3.05) is 0 Å². The van der Waals surface area contributed by atoms with Gasteiger partial charge in [0.25, 0.3) is 0 Å². The highest BCUT2D eigenvalue weighted by molar-refractivity contribution is 5.41. The molecule has 226 valence electrons. The molecule has 42 heavy (non-hydrogen) atoms. The normalized spacial score (nSPS) is 13.6. The number of hydrogen-bond donors (Lipinski definition) is 0. The van der Waals surface area contributed by atoms with Crippen molar-refractivity contribution in [1.29, 1.82) is 0 Å². The van der Waals surface area contributed by atoms with Crippen LogP contribution < -0.4 is 4.57 Å². The molecule has 4 heterocycles. The number of rotatable bonds is 4. The van der Waals surface area contributed by atoms with Crippen LogP contribution in [0.5, 0.6) is 0 Å². The Morgan fingerprint density at radius 3 is 1.57 bits per heavy atom. The molecular formula is C30H35F6N6+. The molecule has 12 heteroatoms. The summed E-state index contributed by atoms with van der Waals surface area (Å²) in [6.45, 7) is 15.8. The van der Waals surface area contributed by atoms with Gasteiger partial charge in [0.1, 0.15) is 11.9 Å². The molecule has 0 aromatic carbocycles. The molecule has 0 spiro atoms. The zero-order valence-electron chi connectivity index (χ0n) is 25.1. The molecule has 0 aliphatic carbocycles. The Labute approximate surface area is 241 Å². The molecule has 0 saturated carbocycles. The van der Waals surface area contributed by atoms with E-state index in [2.05, 4.69) is 10.2 Å². The summed E-state index contributed by atoms with van der Waals surface area (Å²) in [6.07, 6.45) is -6.71. The van der Waals surface area contributed by atoms with Crippen LogP contribution in [0.25, 0.3) is 11.6 Å². The lowest BCUT2D eigenvalue weighted by molar-refractivity contribution is -0.676. The van der Waals surface area contributed by atoms with Crippen molar-refractivity contribution in [1.82, 2.24) is 24.5 Å². The second kappa shape index (κ2) is 9.95. The first-order valence-electron chi connectivity index (χ1n) is 13.3. The molecule has 0 N–H and O–H groups in total. The second-order valence-electron chi connectivity index (χ2n) is 13.1. The molecule has 0 bridgehead atoms. The summed E-state index contributed by atoms with van der Waals surface area (Å²) in [5, 5.41) is 7.54. The van der Waals surface area contributed by atoms with Crippen molar-refractivity contribution in [3.63, 3.8) is 0 Å². The largest absolute Gasteiger partial charge is 0.437 e. The number of hydrogen-bond acceptors (Lipinski definition) is 3. The number of alkyl halides is 6. The van der Waals surface area contributed by atoms with E-state index in [4.69, 9.17) is 4.98 Å². The maximum absolute atomic E-state index is 13.4. The fourth-order valence-corrected chi connectivity index (χ4v) is 4.62. The minimum absolute atomic E-state index is 0.220. The lowest BCUT2D eigenvalue weighted by Crippen LogP contribution is -2.46. The van der Waals surface area contributed by atoms with E-state index < -0.39 is 29.2 Å². The van der Waals surface area contributed by atoms with Gasteiger partial charge in [-0.05, 0) is 60.1 Å². The average Bonchev–Trinajstić information content (AvgIpc) is 3.53. The van der Waals surface area contributed by atoms with Gasteiger partial charge in [0.15, 0.2) is 17.2 Å². The third kappa shape index (κ3) is 6.07. The van der Waals surface area contributed by atoms with Crippen molar-refractivity contribution >= 4 is 0 Å². The highest BCUT2D eigenvalue weighted by atomic mass is 19.4. The van der Waals surface area contributed by atoms with Gasteiger partial charge in [-0.25, -0.2) is 14.2 Å². The molecule has 0 aliphatic heterocycles. The minimum atomic E-state index is -4.61. The summed E-state index contributed by atoms with van der Waals surface area (Å²) in [7, 11) is 1.74. The molecule has 0 aliphatic rings. The van der Waals surface area contributed by atoms with Gasteiger partial charge in [-0.2, -0.15) is 31.4 Å².